The zero-order chi connectivity index (χ0) is 10.3. The maximum atomic E-state index is 9.73. The van der Waals surface area contributed by atoms with Crippen LogP contribution < -0.4 is 0 Å². The molecule has 14 heavy (non-hydrogen) atoms. The van der Waals surface area contributed by atoms with Gasteiger partial charge in [0.2, 0.25) is 0 Å². The van der Waals surface area contributed by atoms with E-state index in [4.69, 9.17) is 0 Å². The highest BCUT2D eigenvalue weighted by Gasteiger charge is 2.10. The minimum atomic E-state index is 0.138. The highest BCUT2D eigenvalue weighted by atomic mass is 79.9. The summed E-state index contributed by atoms with van der Waals surface area (Å²) >= 11 is 6.56. The molecule has 2 nitrogen and oxygen atoms in total. The molecular formula is C10H6Br2O2. The number of hydrogen-bond acceptors (Lipinski definition) is 2. The molecular weight excluding hydrogens is 312 g/mol. The van der Waals surface area contributed by atoms with Crippen molar-refractivity contribution in [2.24, 2.45) is 0 Å². The molecule has 2 rings (SSSR count). The highest BCUT2D eigenvalue weighted by molar-refractivity contribution is 9.11. The maximum Gasteiger partial charge on any atom is 0.137 e. The normalized spacial score (nSPS) is 10.7. The molecule has 4 heteroatoms. The summed E-state index contributed by atoms with van der Waals surface area (Å²) in [5, 5.41) is 20.6. The first kappa shape index (κ1) is 9.80. The molecule has 0 aliphatic rings. The Bertz CT molecular complexity index is 509. The summed E-state index contributed by atoms with van der Waals surface area (Å²) in [5.74, 6) is 0.288. The van der Waals surface area contributed by atoms with Crippen molar-refractivity contribution < 1.29 is 10.2 Å². The van der Waals surface area contributed by atoms with Crippen molar-refractivity contribution in [2.75, 3.05) is 0 Å². The minimum absolute atomic E-state index is 0.138. The number of hydrogen-bond donors (Lipinski definition) is 2. The molecule has 0 amide bonds. The van der Waals surface area contributed by atoms with Crippen LogP contribution in [-0.4, -0.2) is 10.2 Å². The zero-order valence-electron chi connectivity index (χ0n) is 6.96. The second-order valence-corrected chi connectivity index (χ2v) is 4.60. The predicted molar refractivity (Wildman–Crippen MR) is 62.7 cm³/mol. The molecule has 0 saturated heterocycles. The summed E-state index contributed by atoms with van der Waals surface area (Å²) in [6, 6.07) is 6.73. The third-order valence-corrected chi connectivity index (χ3v) is 3.25. The number of halogens is 2. The van der Waals surface area contributed by atoms with Crippen molar-refractivity contribution in [3.05, 3.63) is 33.2 Å². The summed E-state index contributed by atoms with van der Waals surface area (Å²) in [6.45, 7) is 0. The van der Waals surface area contributed by atoms with E-state index in [9.17, 15) is 10.2 Å². The van der Waals surface area contributed by atoms with E-state index < -0.39 is 0 Å². The lowest BCUT2D eigenvalue weighted by atomic mass is 10.1. The van der Waals surface area contributed by atoms with Crippen LogP contribution in [0.1, 0.15) is 0 Å². The molecule has 0 aliphatic carbocycles. The van der Waals surface area contributed by atoms with Gasteiger partial charge in [-0.25, -0.2) is 0 Å². The molecule has 2 N–H and O–H groups in total. The number of benzene rings is 2. The number of rotatable bonds is 0. The van der Waals surface area contributed by atoms with Crippen LogP contribution in [0.25, 0.3) is 10.8 Å². The van der Waals surface area contributed by atoms with Crippen molar-refractivity contribution in [3.63, 3.8) is 0 Å². The van der Waals surface area contributed by atoms with Crippen molar-refractivity contribution >= 4 is 42.6 Å². The fourth-order valence-corrected chi connectivity index (χ4v) is 2.76. The topological polar surface area (TPSA) is 40.5 Å². The third kappa shape index (κ3) is 1.38. The fourth-order valence-electron chi connectivity index (χ4n) is 1.37. The minimum Gasteiger partial charge on any atom is -0.507 e. The Morgan fingerprint density at radius 3 is 2.43 bits per heavy atom. The smallest absolute Gasteiger partial charge is 0.137 e. The van der Waals surface area contributed by atoms with Gasteiger partial charge in [-0.15, -0.1) is 0 Å². The SMILES string of the molecule is Oc1c(Br)cc(Br)c2c(O)cccc12. The van der Waals surface area contributed by atoms with E-state index in [2.05, 4.69) is 31.9 Å². The van der Waals surface area contributed by atoms with Crippen LogP contribution in [0.5, 0.6) is 11.5 Å². The van der Waals surface area contributed by atoms with Crippen molar-refractivity contribution in [1.29, 1.82) is 0 Å². The molecule has 0 atom stereocenters. The maximum absolute atomic E-state index is 9.73. The number of phenols is 2. The first-order chi connectivity index (χ1) is 6.61. The molecule has 0 spiro atoms. The van der Waals surface area contributed by atoms with E-state index in [1.165, 1.54) is 0 Å². The van der Waals surface area contributed by atoms with Gasteiger partial charge in [0.15, 0.2) is 0 Å². The quantitative estimate of drug-likeness (QED) is 0.776. The largest absolute Gasteiger partial charge is 0.507 e. The van der Waals surface area contributed by atoms with Gasteiger partial charge >= 0.3 is 0 Å². The van der Waals surface area contributed by atoms with Gasteiger partial charge < -0.3 is 10.2 Å². The van der Waals surface area contributed by atoms with Crippen LogP contribution in [0.3, 0.4) is 0 Å². The van der Waals surface area contributed by atoms with Gasteiger partial charge in [-0.05, 0) is 44.0 Å². The lowest BCUT2D eigenvalue weighted by Gasteiger charge is -2.07. The first-order valence-corrected chi connectivity index (χ1v) is 5.48. The van der Waals surface area contributed by atoms with Gasteiger partial charge in [-0.1, -0.05) is 12.1 Å². The molecule has 0 radical (unpaired) electrons. The average molecular weight is 318 g/mol. The first-order valence-electron chi connectivity index (χ1n) is 3.90. The molecule has 0 heterocycles. The van der Waals surface area contributed by atoms with Gasteiger partial charge in [0.25, 0.3) is 0 Å². The molecule has 0 unspecified atom stereocenters. The third-order valence-electron chi connectivity index (χ3n) is 2.02. The molecule has 0 fully saturated rings. The van der Waals surface area contributed by atoms with Crippen LogP contribution in [0, 0.1) is 0 Å². The Kier molecular flexibility index (Phi) is 2.41. The van der Waals surface area contributed by atoms with E-state index >= 15 is 0 Å². The van der Waals surface area contributed by atoms with Crippen LogP contribution >= 0.6 is 31.9 Å². The second-order valence-electron chi connectivity index (χ2n) is 2.89. The summed E-state index contributed by atoms with van der Waals surface area (Å²) in [5.41, 5.74) is 0. The standard InChI is InChI=1S/C10H6Br2O2/c11-6-4-7(12)10(14)5-2-1-3-8(13)9(5)6/h1-4,13-14H. The molecule has 0 bridgehead atoms. The van der Waals surface area contributed by atoms with Gasteiger partial charge in [0.1, 0.15) is 11.5 Å². The average Bonchev–Trinajstić information content (AvgIpc) is 2.14. The summed E-state index contributed by atoms with van der Waals surface area (Å²) in [6.07, 6.45) is 0. The van der Waals surface area contributed by atoms with Crippen LogP contribution in [0.4, 0.5) is 0 Å². The van der Waals surface area contributed by atoms with Crippen molar-refractivity contribution in [2.45, 2.75) is 0 Å². The van der Waals surface area contributed by atoms with Gasteiger partial charge in [0, 0.05) is 15.2 Å². The Balaban J connectivity index is 3.02. The molecule has 0 aromatic heterocycles. The Hall–Kier alpha value is -0.740. The van der Waals surface area contributed by atoms with Crippen molar-refractivity contribution in [3.8, 4) is 11.5 Å². The zero-order valence-corrected chi connectivity index (χ0v) is 10.1. The number of aromatic hydroxyl groups is 2. The number of fused-ring (bicyclic) bond motifs is 1. The number of phenolic OH excluding ortho intramolecular Hbond substituents is 2. The lowest BCUT2D eigenvalue weighted by molar-refractivity contribution is 0.473. The molecule has 72 valence electrons. The van der Waals surface area contributed by atoms with Gasteiger partial charge in [-0.2, -0.15) is 0 Å². The van der Waals surface area contributed by atoms with Crippen molar-refractivity contribution in [1.82, 2.24) is 0 Å². The Labute approximate surface area is 97.4 Å². The van der Waals surface area contributed by atoms with E-state index in [0.717, 1.165) is 4.47 Å². The van der Waals surface area contributed by atoms with Crippen LogP contribution in [0.15, 0.2) is 33.2 Å². The van der Waals surface area contributed by atoms with Crippen LogP contribution in [0.2, 0.25) is 0 Å². The molecule has 2 aromatic carbocycles. The fraction of sp³-hybridized carbons (Fsp3) is 0. The predicted octanol–water partition coefficient (Wildman–Crippen LogP) is 3.78. The van der Waals surface area contributed by atoms with Gasteiger partial charge in [-0.3, -0.25) is 0 Å². The van der Waals surface area contributed by atoms with E-state index in [0.29, 0.717) is 15.2 Å². The highest BCUT2D eigenvalue weighted by Crippen LogP contribution is 2.41. The monoisotopic (exact) mass is 316 g/mol. The molecule has 0 aliphatic heterocycles. The summed E-state index contributed by atoms with van der Waals surface area (Å²) in [4.78, 5) is 0. The summed E-state index contributed by atoms with van der Waals surface area (Å²) < 4.78 is 1.35. The molecule has 2 aromatic rings. The molecule has 0 saturated carbocycles. The van der Waals surface area contributed by atoms with Gasteiger partial charge in [0.05, 0.1) is 4.47 Å². The summed E-state index contributed by atoms with van der Waals surface area (Å²) in [7, 11) is 0. The Morgan fingerprint density at radius 2 is 1.71 bits per heavy atom. The second kappa shape index (κ2) is 3.44. The van der Waals surface area contributed by atoms with Crippen LogP contribution in [-0.2, 0) is 0 Å². The van der Waals surface area contributed by atoms with E-state index in [1.807, 2.05) is 0 Å². The Morgan fingerprint density at radius 1 is 1.00 bits per heavy atom. The lowest BCUT2D eigenvalue weighted by Crippen LogP contribution is -1.79. The van der Waals surface area contributed by atoms with E-state index in [-0.39, 0.29) is 11.5 Å². The van der Waals surface area contributed by atoms with E-state index in [1.54, 1.807) is 24.3 Å².